The van der Waals surface area contributed by atoms with Crippen molar-refractivity contribution in [3.05, 3.63) is 82.4 Å². The Labute approximate surface area is 245 Å². The lowest BCUT2D eigenvalue weighted by Gasteiger charge is -2.36. The van der Waals surface area contributed by atoms with Gasteiger partial charge in [-0.15, -0.1) is 0 Å². The maximum Gasteiger partial charge on any atom is 0.188 e. The number of imidazole rings is 1. The number of rotatable bonds is 9. The summed E-state index contributed by atoms with van der Waals surface area (Å²) in [6.07, 6.45) is 2.82. The van der Waals surface area contributed by atoms with Crippen LogP contribution >= 0.6 is 11.6 Å². The van der Waals surface area contributed by atoms with Crippen LogP contribution in [0.25, 0.3) is 11.0 Å². The van der Waals surface area contributed by atoms with Crippen molar-refractivity contribution >= 4 is 34.2 Å². The number of benzene rings is 2. The van der Waals surface area contributed by atoms with Crippen molar-refractivity contribution in [3.8, 4) is 5.75 Å². The molecule has 3 N–H and O–H groups in total. The average molecular weight is 598 g/mol. The number of halogens is 3. The van der Waals surface area contributed by atoms with Gasteiger partial charge >= 0.3 is 0 Å². The number of oxime groups is 1. The highest BCUT2D eigenvalue weighted by Crippen LogP contribution is 2.28. The summed E-state index contributed by atoms with van der Waals surface area (Å²) in [6, 6.07) is 10.8. The maximum atomic E-state index is 14.5. The van der Waals surface area contributed by atoms with Gasteiger partial charge in [-0.1, -0.05) is 22.8 Å². The first kappa shape index (κ1) is 28.1. The van der Waals surface area contributed by atoms with E-state index in [-0.39, 0.29) is 29.3 Å². The Morgan fingerprint density at radius 2 is 1.93 bits per heavy atom. The molecule has 4 heterocycles. The van der Waals surface area contributed by atoms with Crippen LogP contribution in [0.3, 0.4) is 0 Å². The number of nitrogens with two attached hydrogens (primary N) is 1. The number of pyridine rings is 1. The largest absolute Gasteiger partial charge is 0.486 e. The molecule has 6 rings (SSSR count). The second-order valence-corrected chi connectivity index (χ2v) is 10.8. The highest BCUT2D eigenvalue weighted by molar-refractivity contribution is 6.30. The Kier molecular flexibility index (Phi) is 8.09. The van der Waals surface area contributed by atoms with Crippen molar-refractivity contribution in [3.63, 3.8) is 0 Å². The lowest BCUT2D eigenvalue weighted by Crippen LogP contribution is -2.46. The van der Waals surface area contributed by atoms with E-state index in [2.05, 4.69) is 24.5 Å². The fraction of sp³-hybridized carbons (Fsp3) is 0.345. The van der Waals surface area contributed by atoms with Gasteiger partial charge in [-0.2, -0.15) is 0 Å². The molecule has 4 aromatic rings. The Hall–Kier alpha value is -4.00. The third-order valence-corrected chi connectivity index (χ3v) is 7.91. The molecule has 2 aliphatic rings. The van der Waals surface area contributed by atoms with Crippen LogP contribution in [-0.4, -0.2) is 69.4 Å². The number of anilines is 1. The summed E-state index contributed by atoms with van der Waals surface area (Å²) >= 11 is 5.82. The first-order chi connectivity index (χ1) is 20.4. The molecule has 10 nitrogen and oxygen atoms in total. The maximum absolute atomic E-state index is 14.5. The monoisotopic (exact) mass is 597 g/mol. The van der Waals surface area contributed by atoms with Crippen LogP contribution in [0.15, 0.2) is 53.8 Å². The molecule has 1 unspecified atom stereocenters. The van der Waals surface area contributed by atoms with Crippen molar-refractivity contribution < 1.29 is 23.5 Å². The van der Waals surface area contributed by atoms with Crippen LogP contribution in [0, 0.1) is 11.6 Å². The Morgan fingerprint density at radius 1 is 1.12 bits per heavy atom. The number of nitrogens with zero attached hydrogens (tertiary/aromatic N) is 6. The molecule has 0 bridgehead atoms. The molecule has 1 atom stereocenters. The quantitative estimate of drug-likeness (QED) is 0.128. The molecule has 13 heteroatoms. The van der Waals surface area contributed by atoms with Crippen molar-refractivity contribution in [1.29, 1.82) is 0 Å². The molecule has 2 aliphatic heterocycles. The van der Waals surface area contributed by atoms with Gasteiger partial charge in [0.25, 0.3) is 0 Å². The molecule has 0 spiro atoms. The number of aromatic nitrogens is 3. The fourth-order valence-corrected chi connectivity index (χ4v) is 5.34. The lowest BCUT2D eigenvalue weighted by molar-refractivity contribution is -0.0592. The highest BCUT2D eigenvalue weighted by atomic mass is 35.5. The molecule has 0 saturated carbocycles. The molecule has 2 fully saturated rings. The zero-order chi connectivity index (χ0) is 29.2. The van der Waals surface area contributed by atoms with E-state index in [9.17, 15) is 8.78 Å². The zero-order valence-corrected chi connectivity index (χ0v) is 23.5. The summed E-state index contributed by atoms with van der Waals surface area (Å²) in [7, 11) is 0. The number of hydrogen-bond donors (Lipinski definition) is 2. The van der Waals surface area contributed by atoms with Gasteiger partial charge in [0, 0.05) is 55.1 Å². The number of fused-ring (bicyclic) bond motifs is 1. The Bertz CT molecular complexity index is 1620. The van der Waals surface area contributed by atoms with Crippen molar-refractivity contribution in [1.82, 2.24) is 19.4 Å². The standard InChI is InChI=1S/C29H30ClF2N7O3/c30-19-2-1-18(23(32)11-19)17-42-27-12-20(3-4-22(27)31)38-8-6-37(7-9-38)16-28-35-24-13-25(29(33)36-40)34-14-26(24)39(28)15-21-5-10-41-21/h1-4,11-14,21,40H,5-10,15-17H2,(H2,33,36). The van der Waals surface area contributed by atoms with Crippen LogP contribution in [0.5, 0.6) is 5.75 Å². The first-order valence-electron chi connectivity index (χ1n) is 13.7. The minimum absolute atomic E-state index is 0.0658. The molecular weight excluding hydrogens is 568 g/mol. The minimum atomic E-state index is -0.509. The van der Waals surface area contributed by atoms with Crippen LogP contribution in [0.2, 0.25) is 5.02 Å². The van der Waals surface area contributed by atoms with Crippen molar-refractivity contribution in [2.24, 2.45) is 10.9 Å². The van der Waals surface area contributed by atoms with E-state index in [1.807, 2.05) is 0 Å². The van der Waals surface area contributed by atoms with Crippen molar-refractivity contribution in [2.75, 3.05) is 37.7 Å². The van der Waals surface area contributed by atoms with Gasteiger partial charge in [0.1, 0.15) is 23.9 Å². The predicted molar refractivity (Wildman–Crippen MR) is 154 cm³/mol. The number of amidine groups is 1. The van der Waals surface area contributed by atoms with Gasteiger partial charge < -0.3 is 29.9 Å². The Morgan fingerprint density at radius 3 is 2.64 bits per heavy atom. The molecule has 0 amide bonds. The summed E-state index contributed by atoms with van der Waals surface area (Å²) in [5.74, 6) is -0.122. The first-order valence-corrected chi connectivity index (χ1v) is 14.0. The van der Waals surface area contributed by atoms with E-state index in [1.165, 1.54) is 18.2 Å². The summed E-state index contributed by atoms with van der Waals surface area (Å²) in [6.45, 7) is 4.92. The topological polar surface area (TPSA) is 114 Å². The van der Waals surface area contributed by atoms with E-state index >= 15 is 0 Å². The summed E-state index contributed by atoms with van der Waals surface area (Å²) in [4.78, 5) is 13.7. The SMILES string of the molecule is NC(=NO)c1cc2nc(CN3CCN(c4ccc(F)c(OCc5ccc(Cl)cc5F)c4)CC3)n(CC3CCO3)c2cn1. The molecular formula is C29H30ClF2N7O3. The second kappa shape index (κ2) is 12.1. The highest BCUT2D eigenvalue weighted by Gasteiger charge is 2.25. The normalized spacial score (nSPS) is 17.9. The van der Waals surface area contributed by atoms with Crippen LogP contribution < -0.4 is 15.4 Å². The fourth-order valence-electron chi connectivity index (χ4n) is 5.18. The van der Waals surface area contributed by atoms with Gasteiger partial charge in [0.15, 0.2) is 17.4 Å². The summed E-state index contributed by atoms with van der Waals surface area (Å²) in [5, 5.41) is 12.4. The van der Waals surface area contributed by atoms with E-state index < -0.39 is 11.6 Å². The van der Waals surface area contributed by atoms with Gasteiger partial charge in [-0.25, -0.2) is 13.8 Å². The second-order valence-electron chi connectivity index (χ2n) is 10.4. The number of ether oxygens (including phenoxy) is 2. The molecule has 2 aromatic heterocycles. The van der Waals surface area contributed by atoms with E-state index in [1.54, 1.807) is 30.5 Å². The minimum Gasteiger partial charge on any atom is -0.486 e. The smallest absolute Gasteiger partial charge is 0.188 e. The van der Waals surface area contributed by atoms with Gasteiger partial charge in [0.2, 0.25) is 0 Å². The third-order valence-electron chi connectivity index (χ3n) is 7.68. The van der Waals surface area contributed by atoms with Crippen LogP contribution in [0.1, 0.15) is 23.5 Å². The number of piperazine rings is 1. The van der Waals surface area contributed by atoms with Crippen LogP contribution in [-0.2, 0) is 24.4 Å². The van der Waals surface area contributed by atoms with Gasteiger partial charge in [0.05, 0.1) is 36.4 Å². The number of hydrogen-bond acceptors (Lipinski definition) is 8. The van der Waals surface area contributed by atoms with Crippen molar-refractivity contribution in [2.45, 2.75) is 32.2 Å². The van der Waals surface area contributed by atoms with Crippen LogP contribution in [0.4, 0.5) is 14.5 Å². The van der Waals surface area contributed by atoms with Gasteiger partial charge in [-0.3, -0.25) is 9.88 Å². The van der Waals surface area contributed by atoms with E-state index in [0.29, 0.717) is 24.3 Å². The zero-order valence-electron chi connectivity index (χ0n) is 22.7. The summed E-state index contributed by atoms with van der Waals surface area (Å²) in [5.41, 5.74) is 8.82. The predicted octanol–water partition coefficient (Wildman–Crippen LogP) is 4.15. The Balaban J connectivity index is 1.13. The molecule has 0 aliphatic carbocycles. The molecule has 2 aromatic carbocycles. The average Bonchev–Trinajstić information content (AvgIpc) is 3.31. The molecule has 0 radical (unpaired) electrons. The molecule has 220 valence electrons. The lowest BCUT2D eigenvalue weighted by atomic mass is 10.2. The third kappa shape index (κ3) is 5.96. The van der Waals surface area contributed by atoms with E-state index in [0.717, 1.165) is 61.8 Å². The molecule has 2 saturated heterocycles. The van der Waals surface area contributed by atoms with E-state index in [4.69, 9.17) is 37.0 Å². The molecule has 42 heavy (non-hydrogen) atoms. The van der Waals surface area contributed by atoms with Gasteiger partial charge in [-0.05, 0) is 36.8 Å². The summed E-state index contributed by atoms with van der Waals surface area (Å²) < 4.78 is 42.1.